The van der Waals surface area contributed by atoms with Crippen LogP contribution in [-0.2, 0) is 23.1 Å². The number of rotatable bonds is 8. The van der Waals surface area contributed by atoms with Crippen LogP contribution in [0, 0.1) is 0 Å². The summed E-state index contributed by atoms with van der Waals surface area (Å²) in [5.74, 6) is -1.17. The van der Waals surface area contributed by atoms with Crippen molar-refractivity contribution in [1.82, 2.24) is 10.6 Å². The Hall–Kier alpha value is -1.31. The predicted molar refractivity (Wildman–Crippen MR) is 103 cm³/mol. The number of nitrogens with one attached hydrogen (secondary N) is 2. The summed E-state index contributed by atoms with van der Waals surface area (Å²) in [7, 11) is -3.79. The molecule has 2 N–H and O–H groups in total. The van der Waals surface area contributed by atoms with E-state index in [1.54, 1.807) is 62.3 Å². The van der Waals surface area contributed by atoms with E-state index in [4.69, 9.17) is 18.5 Å². The van der Waals surface area contributed by atoms with Crippen molar-refractivity contribution < 1.29 is 32.7 Å². The minimum absolute atomic E-state index is 0.100. The van der Waals surface area contributed by atoms with Gasteiger partial charge in [0.05, 0.1) is 19.3 Å². The maximum Gasteiger partial charge on any atom is 0.408 e. The molecule has 160 valence electrons. The highest BCUT2D eigenvalue weighted by molar-refractivity contribution is 7.54. The maximum atomic E-state index is 13.2. The van der Waals surface area contributed by atoms with Crippen LogP contribution in [0.4, 0.5) is 9.59 Å². The molecule has 2 atom stereocenters. The third kappa shape index (κ3) is 10.6. The van der Waals surface area contributed by atoms with E-state index in [-0.39, 0.29) is 13.2 Å². The van der Waals surface area contributed by atoms with Crippen LogP contribution >= 0.6 is 7.60 Å². The predicted octanol–water partition coefficient (Wildman–Crippen LogP) is 4.02. The fourth-order valence-electron chi connectivity index (χ4n) is 2.04. The monoisotopic (exact) mass is 410 g/mol. The minimum atomic E-state index is -3.79. The van der Waals surface area contributed by atoms with Crippen LogP contribution in [0.2, 0.25) is 0 Å². The van der Waals surface area contributed by atoms with Gasteiger partial charge in [-0.1, -0.05) is 0 Å². The molecule has 0 bridgehead atoms. The molecule has 0 aliphatic carbocycles. The van der Waals surface area contributed by atoms with Gasteiger partial charge in [-0.15, -0.1) is 0 Å². The lowest BCUT2D eigenvalue weighted by Crippen LogP contribution is -2.52. The summed E-state index contributed by atoms with van der Waals surface area (Å²) in [6, 6.07) is -0.823. The number of hydrogen-bond donors (Lipinski definition) is 2. The summed E-state index contributed by atoms with van der Waals surface area (Å²) >= 11 is 0. The molecule has 0 aliphatic heterocycles. The van der Waals surface area contributed by atoms with Gasteiger partial charge in [-0.3, -0.25) is 4.57 Å². The smallest absolute Gasteiger partial charge is 0.408 e. The van der Waals surface area contributed by atoms with Crippen molar-refractivity contribution in [2.75, 3.05) is 13.2 Å². The van der Waals surface area contributed by atoms with Crippen molar-refractivity contribution in [2.24, 2.45) is 0 Å². The summed E-state index contributed by atoms with van der Waals surface area (Å²) < 4.78 is 34.3. The number of amides is 2. The summed E-state index contributed by atoms with van der Waals surface area (Å²) in [5, 5.41) is 5.07. The van der Waals surface area contributed by atoms with Crippen LogP contribution in [0.25, 0.3) is 0 Å². The Labute approximate surface area is 162 Å². The molecule has 0 spiro atoms. The Morgan fingerprint density at radius 3 is 1.56 bits per heavy atom. The molecule has 0 unspecified atom stereocenters. The zero-order chi connectivity index (χ0) is 21.5. The maximum absolute atomic E-state index is 13.2. The fraction of sp³-hybridized carbons (Fsp3) is 0.882. The Bertz CT molecular complexity index is 530. The number of ether oxygens (including phenoxy) is 2. The molecule has 9 nitrogen and oxygen atoms in total. The topological polar surface area (TPSA) is 112 Å². The van der Waals surface area contributed by atoms with Gasteiger partial charge in [-0.2, -0.15) is 0 Å². The Morgan fingerprint density at radius 1 is 0.852 bits per heavy atom. The van der Waals surface area contributed by atoms with Gasteiger partial charge in [0.2, 0.25) is 0 Å². The van der Waals surface area contributed by atoms with Crippen LogP contribution in [0.15, 0.2) is 0 Å². The van der Waals surface area contributed by atoms with Crippen molar-refractivity contribution >= 4 is 19.8 Å². The number of carbonyl (C=O) groups excluding carboxylic acids is 2. The third-order valence-electron chi connectivity index (χ3n) is 2.84. The minimum Gasteiger partial charge on any atom is -0.444 e. The van der Waals surface area contributed by atoms with Gasteiger partial charge in [-0.05, 0) is 62.3 Å². The molecule has 0 heterocycles. The van der Waals surface area contributed by atoms with Crippen molar-refractivity contribution in [2.45, 2.75) is 85.3 Å². The van der Waals surface area contributed by atoms with Gasteiger partial charge in [0.25, 0.3) is 0 Å². The zero-order valence-corrected chi connectivity index (χ0v) is 18.8. The van der Waals surface area contributed by atoms with Crippen LogP contribution < -0.4 is 10.6 Å². The highest BCUT2D eigenvalue weighted by Crippen LogP contribution is 2.53. The average molecular weight is 410 g/mol. The van der Waals surface area contributed by atoms with E-state index in [2.05, 4.69) is 10.6 Å². The van der Waals surface area contributed by atoms with Gasteiger partial charge in [0.15, 0.2) is 5.78 Å². The molecule has 0 radical (unpaired) electrons. The highest BCUT2D eigenvalue weighted by atomic mass is 31.2. The molecule has 10 heteroatoms. The second kappa shape index (κ2) is 10.3. The van der Waals surface area contributed by atoms with E-state index in [9.17, 15) is 14.2 Å². The molecule has 0 rings (SSSR count). The van der Waals surface area contributed by atoms with Crippen molar-refractivity contribution in [3.8, 4) is 0 Å². The second-order valence-electron chi connectivity index (χ2n) is 7.90. The van der Waals surface area contributed by atoms with E-state index in [0.29, 0.717) is 0 Å². The first kappa shape index (κ1) is 25.7. The van der Waals surface area contributed by atoms with Crippen LogP contribution in [0.1, 0.15) is 62.3 Å². The van der Waals surface area contributed by atoms with Gasteiger partial charge >= 0.3 is 19.8 Å². The summed E-state index contributed by atoms with van der Waals surface area (Å²) in [6.45, 7) is 15.3. The van der Waals surface area contributed by atoms with Crippen molar-refractivity contribution in [1.29, 1.82) is 0 Å². The van der Waals surface area contributed by atoms with E-state index < -0.39 is 42.8 Å². The first-order chi connectivity index (χ1) is 12.1. The molecule has 0 saturated carbocycles. The van der Waals surface area contributed by atoms with Gasteiger partial charge in [-0.25, -0.2) is 9.59 Å². The second-order valence-corrected chi connectivity index (χ2v) is 10.1. The molecular weight excluding hydrogens is 375 g/mol. The van der Waals surface area contributed by atoms with Crippen LogP contribution in [-0.4, -0.2) is 48.4 Å². The molecule has 0 aromatic heterocycles. The lowest BCUT2D eigenvalue weighted by molar-refractivity contribution is 0.0445. The molecule has 0 aromatic rings. The summed E-state index contributed by atoms with van der Waals surface area (Å²) in [6.07, 6.45) is -1.52. The first-order valence-electron chi connectivity index (χ1n) is 9.01. The van der Waals surface area contributed by atoms with Crippen LogP contribution in [0.5, 0.6) is 0 Å². The number of hydrogen-bond acceptors (Lipinski definition) is 7. The average Bonchev–Trinajstić information content (AvgIpc) is 2.40. The Kier molecular flexibility index (Phi) is 9.79. The van der Waals surface area contributed by atoms with Gasteiger partial charge in [0, 0.05) is 0 Å². The van der Waals surface area contributed by atoms with E-state index in [1.807, 2.05) is 0 Å². The SMILES string of the molecule is CCOP(=O)(OCC)[C@@H](NC(=O)OC(C)(C)C)[C@H](C)NC(=O)OC(C)(C)C. The van der Waals surface area contributed by atoms with E-state index >= 15 is 0 Å². The Morgan fingerprint density at radius 2 is 1.22 bits per heavy atom. The molecule has 0 aliphatic rings. The van der Waals surface area contributed by atoms with Crippen molar-refractivity contribution in [3.63, 3.8) is 0 Å². The largest absolute Gasteiger partial charge is 0.444 e. The molecular formula is C17H35N2O7P. The molecule has 0 saturated heterocycles. The summed E-state index contributed by atoms with van der Waals surface area (Å²) in [5.41, 5.74) is -1.46. The van der Waals surface area contributed by atoms with Gasteiger partial charge < -0.3 is 29.2 Å². The first-order valence-corrected chi connectivity index (χ1v) is 10.6. The molecule has 0 aromatic carbocycles. The van der Waals surface area contributed by atoms with Gasteiger partial charge in [0.1, 0.15) is 11.2 Å². The summed E-state index contributed by atoms with van der Waals surface area (Å²) in [4.78, 5) is 24.3. The lowest BCUT2D eigenvalue weighted by Gasteiger charge is -2.32. The number of carbonyl (C=O) groups is 2. The van der Waals surface area contributed by atoms with E-state index in [0.717, 1.165) is 0 Å². The van der Waals surface area contributed by atoms with Crippen molar-refractivity contribution in [3.05, 3.63) is 0 Å². The quantitative estimate of drug-likeness (QED) is 0.581. The Balaban J connectivity index is 5.52. The zero-order valence-electron chi connectivity index (χ0n) is 17.9. The standard InChI is InChI=1S/C17H35N2O7P/c1-10-23-27(22,24-11-2)13(19-15(21)26-17(7,8)9)12(3)18-14(20)25-16(4,5)6/h12-13H,10-11H2,1-9H3,(H,18,20)(H,19,21)/t12-,13+/m0/s1. The normalized spacial score (nSPS) is 14.9. The third-order valence-corrected chi connectivity index (χ3v) is 5.34. The highest BCUT2D eigenvalue weighted by Gasteiger charge is 2.42. The van der Waals surface area contributed by atoms with E-state index in [1.165, 1.54) is 0 Å². The molecule has 27 heavy (non-hydrogen) atoms. The lowest BCUT2D eigenvalue weighted by atomic mass is 10.2. The molecule has 2 amide bonds. The molecule has 0 fully saturated rings. The fourth-order valence-corrected chi connectivity index (χ4v) is 4.04. The van der Waals surface area contributed by atoms with Crippen LogP contribution in [0.3, 0.4) is 0 Å². The number of alkyl carbamates (subject to hydrolysis) is 2.